The van der Waals surface area contributed by atoms with Gasteiger partial charge in [-0.1, -0.05) is 18.2 Å². The molecule has 5 aromatic rings. The molecule has 1 amide bonds. The van der Waals surface area contributed by atoms with Crippen molar-refractivity contribution in [1.82, 2.24) is 23.9 Å². The zero-order valence-electron chi connectivity index (χ0n) is 18.7. The number of aryl methyl sites for hydroxylation is 2. The highest BCUT2D eigenvalue weighted by Crippen LogP contribution is 2.25. The van der Waals surface area contributed by atoms with Gasteiger partial charge >= 0.3 is 0 Å². The molecular weight excluding hydrogens is 433 g/mol. The monoisotopic (exact) mass is 455 g/mol. The Morgan fingerprint density at radius 1 is 1.09 bits per heavy atom. The normalized spacial score (nSPS) is 11.1. The molecule has 1 aromatic carbocycles. The molecule has 4 aromatic heterocycles. The van der Waals surface area contributed by atoms with Crippen molar-refractivity contribution in [2.45, 2.75) is 20.4 Å². The maximum atomic E-state index is 14.1. The van der Waals surface area contributed by atoms with Crippen LogP contribution in [0.3, 0.4) is 0 Å². The van der Waals surface area contributed by atoms with Crippen molar-refractivity contribution in [2.24, 2.45) is 5.73 Å². The van der Waals surface area contributed by atoms with Crippen LogP contribution in [0, 0.1) is 19.7 Å². The predicted molar refractivity (Wildman–Crippen MR) is 127 cm³/mol. The number of anilines is 1. The molecular formula is C25H22FN7O. The van der Waals surface area contributed by atoms with E-state index >= 15 is 0 Å². The van der Waals surface area contributed by atoms with E-state index in [1.807, 2.05) is 48.9 Å². The molecule has 0 saturated carbocycles. The van der Waals surface area contributed by atoms with E-state index in [9.17, 15) is 9.18 Å². The Hall–Kier alpha value is -4.53. The van der Waals surface area contributed by atoms with Gasteiger partial charge < -0.3 is 11.1 Å². The van der Waals surface area contributed by atoms with Gasteiger partial charge in [0.2, 0.25) is 0 Å². The molecule has 4 heterocycles. The number of para-hydroxylation sites is 1. The lowest BCUT2D eigenvalue weighted by Gasteiger charge is -2.11. The Kier molecular flexibility index (Phi) is 5.29. The molecule has 0 saturated heterocycles. The van der Waals surface area contributed by atoms with Gasteiger partial charge in [0.05, 0.1) is 29.8 Å². The SMILES string of the molecule is Cc1cccc(-c2nc(CNc3ccccc3F)cn2-c2cc(C)c3ncc(C(N)=O)n3c2)n1. The predicted octanol–water partition coefficient (Wildman–Crippen LogP) is 4.05. The van der Waals surface area contributed by atoms with Gasteiger partial charge in [-0.25, -0.2) is 19.3 Å². The molecule has 0 unspecified atom stereocenters. The molecule has 34 heavy (non-hydrogen) atoms. The lowest BCUT2D eigenvalue weighted by atomic mass is 10.2. The third-order valence-corrected chi connectivity index (χ3v) is 5.51. The van der Waals surface area contributed by atoms with Crippen molar-refractivity contribution >= 4 is 17.2 Å². The highest BCUT2D eigenvalue weighted by atomic mass is 19.1. The molecule has 5 rings (SSSR count). The van der Waals surface area contributed by atoms with Crippen molar-refractivity contribution in [3.05, 3.63) is 95.6 Å². The summed E-state index contributed by atoms with van der Waals surface area (Å²) in [7, 11) is 0. The van der Waals surface area contributed by atoms with Crippen molar-refractivity contribution in [3.8, 4) is 17.2 Å². The minimum atomic E-state index is -0.565. The average Bonchev–Trinajstić information content (AvgIpc) is 3.43. The number of rotatable bonds is 6. The largest absolute Gasteiger partial charge is 0.377 e. The quantitative estimate of drug-likeness (QED) is 0.402. The zero-order valence-corrected chi connectivity index (χ0v) is 18.7. The Morgan fingerprint density at radius 2 is 1.91 bits per heavy atom. The van der Waals surface area contributed by atoms with Crippen LogP contribution in [0.2, 0.25) is 0 Å². The first-order valence-corrected chi connectivity index (χ1v) is 10.7. The number of fused-ring (bicyclic) bond motifs is 1. The van der Waals surface area contributed by atoms with Crippen LogP contribution >= 0.6 is 0 Å². The minimum absolute atomic E-state index is 0.289. The number of pyridine rings is 2. The van der Waals surface area contributed by atoms with Crippen LogP contribution in [0.15, 0.2) is 67.1 Å². The van der Waals surface area contributed by atoms with Crippen LogP contribution in [0.25, 0.3) is 22.9 Å². The van der Waals surface area contributed by atoms with Crippen molar-refractivity contribution in [1.29, 1.82) is 0 Å². The second-order valence-corrected chi connectivity index (χ2v) is 8.01. The first kappa shape index (κ1) is 21.3. The van der Waals surface area contributed by atoms with E-state index in [1.54, 1.807) is 28.8 Å². The van der Waals surface area contributed by atoms with Crippen molar-refractivity contribution in [2.75, 3.05) is 5.32 Å². The van der Waals surface area contributed by atoms with E-state index in [2.05, 4.69) is 15.3 Å². The molecule has 0 aliphatic heterocycles. The fourth-order valence-corrected chi connectivity index (χ4v) is 3.90. The molecule has 0 atom stereocenters. The van der Waals surface area contributed by atoms with Crippen LogP contribution in [0.1, 0.15) is 27.4 Å². The molecule has 170 valence electrons. The van der Waals surface area contributed by atoms with Crippen molar-refractivity contribution < 1.29 is 9.18 Å². The van der Waals surface area contributed by atoms with Crippen LogP contribution in [0.5, 0.6) is 0 Å². The summed E-state index contributed by atoms with van der Waals surface area (Å²) in [4.78, 5) is 25.7. The number of primary amides is 1. The number of carbonyl (C=O) groups is 1. The smallest absolute Gasteiger partial charge is 0.267 e. The van der Waals surface area contributed by atoms with Crippen LogP contribution in [-0.4, -0.2) is 29.8 Å². The molecule has 0 aliphatic carbocycles. The Labute approximate surface area is 194 Å². The summed E-state index contributed by atoms with van der Waals surface area (Å²) in [6, 6.07) is 14.2. The molecule has 0 bridgehead atoms. The first-order valence-electron chi connectivity index (χ1n) is 10.7. The number of nitrogens with zero attached hydrogens (tertiary/aromatic N) is 5. The number of aromatic nitrogens is 5. The molecule has 8 nitrogen and oxygen atoms in total. The van der Waals surface area contributed by atoms with E-state index in [1.165, 1.54) is 12.3 Å². The molecule has 3 N–H and O–H groups in total. The fraction of sp³-hybridized carbons (Fsp3) is 0.120. The minimum Gasteiger partial charge on any atom is -0.377 e. The van der Waals surface area contributed by atoms with Gasteiger partial charge in [-0.2, -0.15) is 0 Å². The number of halogens is 1. The zero-order chi connectivity index (χ0) is 23.8. The maximum absolute atomic E-state index is 14.1. The fourth-order valence-electron chi connectivity index (χ4n) is 3.90. The Bertz CT molecular complexity index is 1540. The number of benzene rings is 1. The van der Waals surface area contributed by atoms with E-state index in [0.717, 1.165) is 16.9 Å². The standard InChI is InChI=1S/C25H22FN7O/c1-15-10-18(14-33-22(23(27)34)12-29-24(15)33)32-13-17(11-28-20-8-4-3-7-19(20)26)31-25(32)21-9-5-6-16(2)30-21/h3-10,12-14,28H,11H2,1-2H3,(H2,27,34). The van der Waals surface area contributed by atoms with E-state index in [-0.39, 0.29) is 11.5 Å². The number of imidazole rings is 2. The molecule has 0 aliphatic rings. The molecule has 0 radical (unpaired) electrons. The van der Waals surface area contributed by atoms with Gasteiger partial charge in [0.15, 0.2) is 5.82 Å². The number of nitrogens with two attached hydrogens (primary N) is 1. The number of amides is 1. The van der Waals surface area contributed by atoms with E-state index < -0.39 is 5.91 Å². The van der Waals surface area contributed by atoms with Crippen LogP contribution in [-0.2, 0) is 6.54 Å². The lowest BCUT2D eigenvalue weighted by molar-refractivity contribution is 0.0994. The van der Waals surface area contributed by atoms with Gasteiger partial charge in [-0.3, -0.25) is 13.8 Å². The summed E-state index contributed by atoms with van der Waals surface area (Å²) >= 11 is 0. The third kappa shape index (κ3) is 3.88. The Balaban J connectivity index is 1.62. The molecule has 9 heteroatoms. The van der Waals surface area contributed by atoms with E-state index in [4.69, 9.17) is 10.7 Å². The maximum Gasteiger partial charge on any atom is 0.267 e. The second kappa shape index (κ2) is 8.43. The molecule has 0 fully saturated rings. The number of hydrogen-bond acceptors (Lipinski definition) is 5. The summed E-state index contributed by atoms with van der Waals surface area (Å²) in [5.74, 6) is -0.277. The average molecular weight is 455 g/mol. The van der Waals surface area contributed by atoms with Gasteiger partial charge in [0.25, 0.3) is 5.91 Å². The highest BCUT2D eigenvalue weighted by molar-refractivity contribution is 5.92. The summed E-state index contributed by atoms with van der Waals surface area (Å²) in [5.41, 5.74) is 10.7. The number of nitrogens with one attached hydrogen (secondary N) is 1. The van der Waals surface area contributed by atoms with Gasteiger partial charge in [-0.15, -0.1) is 0 Å². The van der Waals surface area contributed by atoms with Crippen molar-refractivity contribution in [3.63, 3.8) is 0 Å². The van der Waals surface area contributed by atoms with Gasteiger partial charge in [0.1, 0.15) is 22.9 Å². The summed E-state index contributed by atoms with van der Waals surface area (Å²) in [6.07, 6.45) is 5.13. The first-order chi connectivity index (χ1) is 16.4. The topological polar surface area (TPSA) is 103 Å². The lowest BCUT2D eigenvalue weighted by Crippen LogP contribution is -2.14. The summed E-state index contributed by atoms with van der Waals surface area (Å²) in [6.45, 7) is 4.14. The number of carbonyl (C=O) groups excluding carboxylic acids is 1. The third-order valence-electron chi connectivity index (χ3n) is 5.51. The molecule has 0 spiro atoms. The van der Waals surface area contributed by atoms with E-state index in [0.29, 0.717) is 35.1 Å². The van der Waals surface area contributed by atoms with Crippen LogP contribution in [0.4, 0.5) is 10.1 Å². The summed E-state index contributed by atoms with van der Waals surface area (Å²) in [5, 5.41) is 3.10. The Morgan fingerprint density at radius 3 is 2.68 bits per heavy atom. The highest BCUT2D eigenvalue weighted by Gasteiger charge is 2.17. The summed E-state index contributed by atoms with van der Waals surface area (Å²) < 4.78 is 17.7. The van der Waals surface area contributed by atoms with Crippen LogP contribution < -0.4 is 11.1 Å². The second-order valence-electron chi connectivity index (χ2n) is 8.01. The van der Waals surface area contributed by atoms with Gasteiger partial charge in [-0.05, 0) is 49.7 Å². The number of hydrogen-bond donors (Lipinski definition) is 2. The van der Waals surface area contributed by atoms with Gasteiger partial charge in [0, 0.05) is 18.1 Å².